The van der Waals surface area contributed by atoms with Gasteiger partial charge in [0, 0.05) is 19.6 Å². The van der Waals surface area contributed by atoms with Crippen LogP contribution in [0.3, 0.4) is 0 Å². The van der Waals surface area contributed by atoms with Gasteiger partial charge in [-0.1, -0.05) is 5.16 Å². The van der Waals surface area contributed by atoms with Crippen molar-refractivity contribution in [2.45, 2.75) is 26.2 Å². The molecule has 0 saturated heterocycles. The highest BCUT2D eigenvalue weighted by Gasteiger charge is 2.00. The fraction of sp³-hybridized carbons (Fsp3) is 0.778. The van der Waals surface area contributed by atoms with E-state index in [1.54, 1.807) is 0 Å². The van der Waals surface area contributed by atoms with Crippen LogP contribution in [-0.4, -0.2) is 34.9 Å². The maximum atomic E-state index is 8.54. The van der Waals surface area contributed by atoms with Crippen molar-refractivity contribution in [2.75, 3.05) is 19.7 Å². The largest absolute Gasteiger partial charge is 0.396 e. The fourth-order valence-electron chi connectivity index (χ4n) is 1.12. The molecule has 0 saturated carbocycles. The molecule has 5 heteroatoms. The second-order valence-electron chi connectivity index (χ2n) is 3.17. The molecule has 0 spiro atoms. The van der Waals surface area contributed by atoms with Gasteiger partial charge in [-0.2, -0.15) is 4.98 Å². The van der Waals surface area contributed by atoms with Gasteiger partial charge in [0.15, 0.2) is 5.82 Å². The molecule has 80 valence electrons. The van der Waals surface area contributed by atoms with E-state index in [0.717, 1.165) is 32.4 Å². The van der Waals surface area contributed by atoms with Crippen LogP contribution in [0.2, 0.25) is 0 Å². The van der Waals surface area contributed by atoms with Crippen molar-refractivity contribution in [3.63, 3.8) is 0 Å². The Hall–Kier alpha value is -0.940. The fourth-order valence-corrected chi connectivity index (χ4v) is 1.12. The van der Waals surface area contributed by atoms with E-state index in [4.69, 9.17) is 9.63 Å². The number of aliphatic hydroxyl groups is 1. The van der Waals surface area contributed by atoms with Crippen molar-refractivity contribution < 1.29 is 9.63 Å². The van der Waals surface area contributed by atoms with Crippen LogP contribution in [-0.2, 0) is 6.42 Å². The van der Waals surface area contributed by atoms with Crippen molar-refractivity contribution in [1.29, 1.82) is 0 Å². The highest BCUT2D eigenvalue weighted by Crippen LogP contribution is 1.95. The van der Waals surface area contributed by atoms with Gasteiger partial charge >= 0.3 is 0 Å². The second-order valence-corrected chi connectivity index (χ2v) is 3.17. The topological polar surface area (TPSA) is 71.2 Å². The van der Waals surface area contributed by atoms with Crippen LogP contribution in [0.25, 0.3) is 0 Å². The summed E-state index contributed by atoms with van der Waals surface area (Å²) in [6.07, 6.45) is 2.62. The Morgan fingerprint density at radius 1 is 1.36 bits per heavy atom. The molecule has 0 aliphatic heterocycles. The van der Waals surface area contributed by atoms with E-state index in [1.165, 1.54) is 0 Å². The first kappa shape index (κ1) is 11.1. The lowest BCUT2D eigenvalue weighted by Gasteiger charge is -2.00. The molecule has 2 N–H and O–H groups in total. The Labute approximate surface area is 83.5 Å². The highest BCUT2D eigenvalue weighted by atomic mass is 16.5. The number of rotatable bonds is 7. The van der Waals surface area contributed by atoms with Gasteiger partial charge in [-0.3, -0.25) is 0 Å². The molecule has 0 amide bonds. The summed E-state index contributed by atoms with van der Waals surface area (Å²) in [5, 5.41) is 15.5. The summed E-state index contributed by atoms with van der Waals surface area (Å²) in [5.41, 5.74) is 0. The van der Waals surface area contributed by atoms with Crippen LogP contribution in [0.15, 0.2) is 4.52 Å². The number of hydrogen-bond donors (Lipinski definition) is 2. The zero-order chi connectivity index (χ0) is 10.2. The molecule has 14 heavy (non-hydrogen) atoms. The minimum atomic E-state index is 0.268. The lowest BCUT2D eigenvalue weighted by atomic mass is 10.3. The summed E-state index contributed by atoms with van der Waals surface area (Å²) in [6, 6.07) is 0. The predicted octanol–water partition coefficient (Wildman–Crippen LogP) is 0.283. The molecular weight excluding hydrogens is 182 g/mol. The smallest absolute Gasteiger partial charge is 0.227 e. The van der Waals surface area contributed by atoms with Crippen molar-refractivity contribution in [3.05, 3.63) is 11.7 Å². The zero-order valence-corrected chi connectivity index (χ0v) is 8.49. The Kier molecular flexibility index (Phi) is 5.17. The van der Waals surface area contributed by atoms with E-state index < -0.39 is 0 Å². The average molecular weight is 199 g/mol. The zero-order valence-electron chi connectivity index (χ0n) is 8.49. The molecule has 1 heterocycles. The van der Waals surface area contributed by atoms with Crippen molar-refractivity contribution in [2.24, 2.45) is 0 Å². The van der Waals surface area contributed by atoms with Gasteiger partial charge in [0.1, 0.15) is 0 Å². The first-order valence-electron chi connectivity index (χ1n) is 4.93. The summed E-state index contributed by atoms with van der Waals surface area (Å²) < 4.78 is 4.95. The van der Waals surface area contributed by atoms with E-state index in [1.807, 2.05) is 6.92 Å². The van der Waals surface area contributed by atoms with Crippen LogP contribution in [0.1, 0.15) is 24.6 Å². The minimum Gasteiger partial charge on any atom is -0.396 e. The summed E-state index contributed by atoms with van der Waals surface area (Å²) in [4.78, 5) is 4.09. The van der Waals surface area contributed by atoms with Crippen LogP contribution >= 0.6 is 0 Å². The normalized spacial score (nSPS) is 10.7. The van der Waals surface area contributed by atoms with Crippen LogP contribution in [0.4, 0.5) is 0 Å². The number of unbranched alkanes of at least 4 members (excludes halogenated alkanes) is 1. The highest BCUT2D eigenvalue weighted by molar-refractivity contribution is 4.83. The third-order valence-corrected chi connectivity index (χ3v) is 1.85. The van der Waals surface area contributed by atoms with Crippen molar-refractivity contribution in [1.82, 2.24) is 15.5 Å². The van der Waals surface area contributed by atoms with Crippen LogP contribution in [0, 0.1) is 6.92 Å². The SMILES string of the molecule is Cc1noc(CCNCCCCO)n1. The standard InChI is InChI=1S/C9H17N3O2/c1-8-11-9(14-12-8)4-6-10-5-2-3-7-13/h10,13H,2-7H2,1H3. The third-order valence-electron chi connectivity index (χ3n) is 1.85. The third kappa shape index (κ3) is 4.34. The number of aromatic nitrogens is 2. The van der Waals surface area contributed by atoms with Crippen LogP contribution < -0.4 is 5.32 Å². The van der Waals surface area contributed by atoms with E-state index >= 15 is 0 Å². The van der Waals surface area contributed by atoms with Crippen molar-refractivity contribution >= 4 is 0 Å². The summed E-state index contributed by atoms with van der Waals surface area (Å²) in [7, 11) is 0. The molecule has 5 nitrogen and oxygen atoms in total. The van der Waals surface area contributed by atoms with Gasteiger partial charge in [-0.15, -0.1) is 0 Å². The van der Waals surface area contributed by atoms with Gasteiger partial charge in [0.25, 0.3) is 0 Å². The van der Waals surface area contributed by atoms with Crippen molar-refractivity contribution in [3.8, 4) is 0 Å². The molecule has 1 aromatic heterocycles. The lowest BCUT2D eigenvalue weighted by Crippen LogP contribution is -2.18. The van der Waals surface area contributed by atoms with Gasteiger partial charge in [-0.05, 0) is 26.3 Å². The number of nitrogens with one attached hydrogen (secondary N) is 1. The van der Waals surface area contributed by atoms with Gasteiger partial charge in [0.05, 0.1) is 0 Å². The Balaban J connectivity index is 1.99. The van der Waals surface area contributed by atoms with Gasteiger partial charge in [-0.25, -0.2) is 0 Å². The molecule has 0 aromatic carbocycles. The predicted molar refractivity (Wildman–Crippen MR) is 51.9 cm³/mol. The lowest BCUT2D eigenvalue weighted by molar-refractivity contribution is 0.283. The minimum absolute atomic E-state index is 0.268. The summed E-state index contributed by atoms with van der Waals surface area (Å²) in [6.45, 7) is 3.84. The first-order valence-corrected chi connectivity index (χ1v) is 4.93. The molecule has 0 atom stereocenters. The number of aryl methyl sites for hydroxylation is 1. The Bertz CT molecular complexity index is 250. The summed E-state index contributed by atoms with van der Waals surface area (Å²) >= 11 is 0. The molecule has 0 unspecified atom stereocenters. The monoisotopic (exact) mass is 199 g/mol. The van der Waals surface area contributed by atoms with E-state index in [0.29, 0.717) is 11.7 Å². The molecule has 0 fully saturated rings. The maximum Gasteiger partial charge on any atom is 0.227 e. The summed E-state index contributed by atoms with van der Waals surface area (Å²) in [5.74, 6) is 1.36. The maximum absolute atomic E-state index is 8.54. The molecule has 0 radical (unpaired) electrons. The number of aliphatic hydroxyl groups excluding tert-OH is 1. The Morgan fingerprint density at radius 2 is 2.21 bits per heavy atom. The molecule has 0 aliphatic rings. The number of nitrogens with zero attached hydrogens (tertiary/aromatic N) is 2. The molecule has 0 aliphatic carbocycles. The molecule has 1 rings (SSSR count). The molecular formula is C9H17N3O2. The number of hydrogen-bond acceptors (Lipinski definition) is 5. The van der Waals surface area contributed by atoms with E-state index in [2.05, 4.69) is 15.5 Å². The molecule has 0 bridgehead atoms. The van der Waals surface area contributed by atoms with E-state index in [-0.39, 0.29) is 6.61 Å². The quantitative estimate of drug-likeness (QED) is 0.617. The Morgan fingerprint density at radius 3 is 2.86 bits per heavy atom. The van der Waals surface area contributed by atoms with E-state index in [9.17, 15) is 0 Å². The van der Waals surface area contributed by atoms with Crippen LogP contribution in [0.5, 0.6) is 0 Å². The van der Waals surface area contributed by atoms with Gasteiger partial charge in [0.2, 0.25) is 5.89 Å². The average Bonchev–Trinajstić information content (AvgIpc) is 2.58. The van der Waals surface area contributed by atoms with Gasteiger partial charge < -0.3 is 14.9 Å². The second kappa shape index (κ2) is 6.50. The molecule has 1 aromatic rings. The first-order chi connectivity index (χ1) is 6.83.